The Bertz CT molecular complexity index is 1130. The molecule has 2 aliphatic carbocycles. The molecule has 0 heterocycles. The maximum atomic E-state index is 14.4. The third kappa shape index (κ3) is 8.07. The van der Waals surface area contributed by atoms with Gasteiger partial charge in [-0.15, -0.1) is 0 Å². The van der Waals surface area contributed by atoms with E-state index in [1.54, 1.807) is 25.7 Å². The highest BCUT2D eigenvalue weighted by atomic mass is 16.6. The third-order valence-corrected chi connectivity index (χ3v) is 7.43. The van der Waals surface area contributed by atoms with Gasteiger partial charge in [0.25, 0.3) is 0 Å². The van der Waals surface area contributed by atoms with Gasteiger partial charge in [-0.3, -0.25) is 9.59 Å². The van der Waals surface area contributed by atoms with E-state index in [-0.39, 0.29) is 23.9 Å². The number of amides is 3. The highest BCUT2D eigenvalue weighted by Crippen LogP contribution is 2.37. The van der Waals surface area contributed by atoms with Crippen molar-refractivity contribution in [2.45, 2.75) is 109 Å². The number of rotatable bonds is 9. The number of ether oxygens (including phenoxy) is 1. The van der Waals surface area contributed by atoms with E-state index in [1.165, 1.54) is 6.42 Å². The molecule has 2 saturated carbocycles. The zero-order chi connectivity index (χ0) is 28.0. The zero-order valence-electron chi connectivity index (χ0n) is 23.7. The van der Waals surface area contributed by atoms with E-state index in [1.807, 2.05) is 61.5 Å². The molecule has 2 fully saturated rings. The second-order valence-corrected chi connectivity index (χ2v) is 12.0. The molecular formula is C32H43N3O4. The van der Waals surface area contributed by atoms with Crippen molar-refractivity contribution in [2.24, 2.45) is 0 Å². The largest absolute Gasteiger partial charge is 0.444 e. The van der Waals surface area contributed by atoms with Crippen LogP contribution < -0.4 is 10.6 Å². The number of hydrogen-bond donors (Lipinski definition) is 2. The highest BCUT2D eigenvalue weighted by Gasteiger charge is 2.44. The number of aryl methyl sites for hydroxylation is 1. The van der Waals surface area contributed by atoms with Crippen LogP contribution in [0.1, 0.15) is 88.4 Å². The van der Waals surface area contributed by atoms with E-state index < -0.39 is 23.8 Å². The lowest BCUT2D eigenvalue weighted by atomic mass is 9.93. The average molecular weight is 534 g/mol. The number of hydrogen-bond acceptors (Lipinski definition) is 4. The fourth-order valence-corrected chi connectivity index (χ4v) is 5.39. The molecule has 2 aromatic rings. The van der Waals surface area contributed by atoms with Gasteiger partial charge >= 0.3 is 6.09 Å². The summed E-state index contributed by atoms with van der Waals surface area (Å²) in [5.41, 5.74) is 1.99. The molecular weight excluding hydrogens is 490 g/mol. The smallest absolute Gasteiger partial charge is 0.408 e. The van der Waals surface area contributed by atoms with Crippen LogP contribution in [0.15, 0.2) is 54.6 Å². The van der Waals surface area contributed by atoms with Crippen molar-refractivity contribution in [3.05, 3.63) is 71.3 Å². The maximum Gasteiger partial charge on any atom is 0.408 e. The molecule has 7 heteroatoms. The molecule has 7 nitrogen and oxygen atoms in total. The lowest BCUT2D eigenvalue weighted by molar-refractivity contribution is -0.143. The van der Waals surface area contributed by atoms with Crippen molar-refractivity contribution >= 4 is 17.9 Å². The van der Waals surface area contributed by atoms with E-state index in [9.17, 15) is 14.4 Å². The fraction of sp³-hybridized carbons (Fsp3) is 0.531. The Hall–Kier alpha value is -3.35. The van der Waals surface area contributed by atoms with Gasteiger partial charge in [-0.05, 0) is 70.1 Å². The predicted octanol–water partition coefficient (Wildman–Crippen LogP) is 5.61. The van der Waals surface area contributed by atoms with Gasteiger partial charge in [0.15, 0.2) is 0 Å². The number of alkyl carbamates (subject to hydrolysis) is 1. The minimum Gasteiger partial charge on any atom is -0.444 e. The molecule has 2 atom stereocenters. The van der Waals surface area contributed by atoms with Crippen molar-refractivity contribution in [1.29, 1.82) is 0 Å². The molecule has 2 aliphatic rings. The minimum absolute atomic E-state index is 0.0575. The molecule has 3 amide bonds. The van der Waals surface area contributed by atoms with E-state index >= 15 is 0 Å². The van der Waals surface area contributed by atoms with E-state index in [0.29, 0.717) is 6.42 Å². The van der Waals surface area contributed by atoms with E-state index in [0.717, 1.165) is 55.2 Å². The van der Waals surface area contributed by atoms with Crippen molar-refractivity contribution in [2.75, 3.05) is 0 Å². The molecule has 0 bridgehead atoms. The van der Waals surface area contributed by atoms with Crippen molar-refractivity contribution in [3.8, 4) is 0 Å². The number of benzene rings is 2. The Balaban J connectivity index is 1.68. The molecule has 0 saturated heterocycles. The molecule has 210 valence electrons. The molecule has 0 radical (unpaired) electrons. The van der Waals surface area contributed by atoms with Gasteiger partial charge in [-0.2, -0.15) is 0 Å². The first-order chi connectivity index (χ1) is 18.6. The maximum absolute atomic E-state index is 14.4. The zero-order valence-corrected chi connectivity index (χ0v) is 23.7. The van der Waals surface area contributed by atoms with Crippen LogP contribution >= 0.6 is 0 Å². The van der Waals surface area contributed by atoms with E-state index in [2.05, 4.69) is 10.6 Å². The second-order valence-electron chi connectivity index (χ2n) is 12.0. The Morgan fingerprint density at radius 2 is 1.56 bits per heavy atom. The van der Waals surface area contributed by atoms with Gasteiger partial charge in [0.05, 0.1) is 0 Å². The molecule has 39 heavy (non-hydrogen) atoms. The molecule has 2 N–H and O–H groups in total. The van der Waals surface area contributed by atoms with Gasteiger partial charge in [-0.1, -0.05) is 73.9 Å². The van der Waals surface area contributed by atoms with Gasteiger partial charge in [0.2, 0.25) is 11.8 Å². The SMILES string of the molecule is Cc1ccccc1C(C(=O)NC1CCCCC1)N(C(=O)C(Cc1ccccc1)NC(=O)OC(C)(C)C)C1CC1. The third-order valence-electron chi connectivity index (χ3n) is 7.43. The van der Waals surface area contributed by atoms with Crippen molar-refractivity contribution in [1.82, 2.24) is 15.5 Å². The van der Waals surface area contributed by atoms with Crippen LogP contribution in [0.4, 0.5) is 4.79 Å². The summed E-state index contributed by atoms with van der Waals surface area (Å²) in [5.74, 6) is -0.411. The highest BCUT2D eigenvalue weighted by molar-refractivity contribution is 5.93. The first-order valence-electron chi connectivity index (χ1n) is 14.3. The Morgan fingerprint density at radius 1 is 0.923 bits per heavy atom. The summed E-state index contributed by atoms with van der Waals surface area (Å²) in [4.78, 5) is 43.1. The van der Waals surface area contributed by atoms with Crippen LogP contribution in [-0.4, -0.2) is 46.5 Å². The Labute approximate surface area is 232 Å². The normalized spacial score (nSPS) is 17.5. The minimum atomic E-state index is -0.878. The van der Waals surface area contributed by atoms with Crippen LogP contribution in [0, 0.1) is 6.92 Å². The Morgan fingerprint density at radius 3 is 2.18 bits per heavy atom. The standard InChI is InChI=1S/C32H43N3O4/c1-22-13-11-12-18-26(22)28(29(36)33-24-16-9-6-10-17-24)35(25-19-20-25)30(37)27(21-23-14-7-5-8-15-23)34-31(38)39-32(2,3)4/h5,7-8,11-15,18,24-25,27-28H,6,9-10,16-17,19-21H2,1-4H3,(H,33,36)(H,34,38). The number of carbonyl (C=O) groups is 3. The summed E-state index contributed by atoms with van der Waals surface area (Å²) in [7, 11) is 0. The molecule has 0 aliphatic heterocycles. The number of nitrogens with one attached hydrogen (secondary N) is 2. The van der Waals surface area contributed by atoms with Gasteiger partial charge in [0, 0.05) is 18.5 Å². The second kappa shape index (κ2) is 12.7. The van der Waals surface area contributed by atoms with Crippen LogP contribution in [0.2, 0.25) is 0 Å². The van der Waals surface area contributed by atoms with Gasteiger partial charge in [0.1, 0.15) is 17.7 Å². The molecule has 2 unspecified atom stereocenters. The number of carbonyl (C=O) groups excluding carboxylic acids is 3. The van der Waals surface area contributed by atoms with Gasteiger partial charge < -0.3 is 20.3 Å². The first kappa shape index (κ1) is 28.7. The topological polar surface area (TPSA) is 87.7 Å². The fourth-order valence-electron chi connectivity index (χ4n) is 5.39. The molecule has 0 aromatic heterocycles. The summed E-state index contributed by atoms with van der Waals surface area (Å²) in [6.45, 7) is 7.36. The lowest BCUT2D eigenvalue weighted by Crippen LogP contribution is -2.55. The van der Waals surface area contributed by atoms with Crippen LogP contribution in [0.5, 0.6) is 0 Å². The summed E-state index contributed by atoms with van der Waals surface area (Å²) >= 11 is 0. The van der Waals surface area contributed by atoms with Crippen LogP contribution in [0.25, 0.3) is 0 Å². The van der Waals surface area contributed by atoms with Crippen molar-refractivity contribution in [3.63, 3.8) is 0 Å². The monoisotopic (exact) mass is 533 g/mol. The Kier molecular flexibility index (Phi) is 9.31. The molecule has 2 aromatic carbocycles. The quantitative estimate of drug-likeness (QED) is 0.439. The first-order valence-corrected chi connectivity index (χ1v) is 14.3. The summed E-state index contributed by atoms with van der Waals surface area (Å²) in [6.07, 6.45) is 6.62. The summed E-state index contributed by atoms with van der Waals surface area (Å²) in [6, 6.07) is 15.8. The lowest BCUT2D eigenvalue weighted by Gasteiger charge is -2.36. The summed E-state index contributed by atoms with van der Waals surface area (Å²) < 4.78 is 5.52. The summed E-state index contributed by atoms with van der Waals surface area (Å²) in [5, 5.41) is 6.12. The number of nitrogens with zero attached hydrogens (tertiary/aromatic N) is 1. The van der Waals surface area contributed by atoms with Gasteiger partial charge in [-0.25, -0.2) is 4.79 Å². The molecule has 0 spiro atoms. The average Bonchev–Trinajstić information content (AvgIpc) is 3.72. The van der Waals surface area contributed by atoms with Crippen LogP contribution in [-0.2, 0) is 20.7 Å². The van der Waals surface area contributed by atoms with Crippen LogP contribution in [0.3, 0.4) is 0 Å². The predicted molar refractivity (Wildman–Crippen MR) is 152 cm³/mol. The van der Waals surface area contributed by atoms with Crippen molar-refractivity contribution < 1.29 is 19.1 Å². The van der Waals surface area contributed by atoms with E-state index in [4.69, 9.17) is 4.74 Å². The molecule has 4 rings (SSSR count).